The van der Waals surface area contributed by atoms with Gasteiger partial charge >= 0.3 is 0 Å². The molecule has 8 N–H and O–H groups in total. The minimum absolute atomic E-state index is 0.161. The molecule has 0 saturated heterocycles. The first-order valence-corrected chi connectivity index (χ1v) is 6.46. The molecule has 0 aliphatic carbocycles. The first kappa shape index (κ1) is 17.9. The minimum Gasteiger partial charge on any atom is -0.482 e. The zero-order chi connectivity index (χ0) is 16.9. The van der Waals surface area contributed by atoms with Gasteiger partial charge in [0.15, 0.2) is 18.0 Å². The van der Waals surface area contributed by atoms with E-state index in [1.165, 1.54) is 13.0 Å². The van der Waals surface area contributed by atoms with Crippen molar-refractivity contribution in [2.45, 2.75) is 37.3 Å². The van der Waals surface area contributed by atoms with Crippen molar-refractivity contribution in [2.24, 2.45) is 16.5 Å². The summed E-state index contributed by atoms with van der Waals surface area (Å²) in [6.45, 7) is 0.498. The molecule has 0 radical (unpaired) electrons. The number of aliphatic imine (C=N–C) groups is 1. The summed E-state index contributed by atoms with van der Waals surface area (Å²) < 4.78 is 5.25. The topological polar surface area (TPSA) is 180 Å². The SMILES string of the molecule is CC(=O)NC1C(N=C(N)N)C=C(C=O)OC1C(O)C(O)CO. The number of carbonyl (C=O) groups excluding carboxylic acids is 2. The second kappa shape index (κ2) is 7.73. The quantitative estimate of drug-likeness (QED) is 0.165. The molecule has 5 atom stereocenters. The van der Waals surface area contributed by atoms with Crippen LogP contribution in [0.5, 0.6) is 0 Å². The third-order valence-corrected chi connectivity index (χ3v) is 3.03. The highest BCUT2D eigenvalue weighted by molar-refractivity contribution is 5.77. The highest BCUT2D eigenvalue weighted by Crippen LogP contribution is 2.23. The summed E-state index contributed by atoms with van der Waals surface area (Å²) in [6.07, 6.45) is -2.69. The summed E-state index contributed by atoms with van der Waals surface area (Å²) in [6, 6.07) is -1.83. The molecule has 0 saturated carbocycles. The van der Waals surface area contributed by atoms with E-state index < -0.39 is 42.9 Å². The van der Waals surface area contributed by atoms with Crippen LogP contribution in [0.25, 0.3) is 0 Å². The van der Waals surface area contributed by atoms with Crippen LogP contribution in [0.15, 0.2) is 16.8 Å². The van der Waals surface area contributed by atoms with Crippen LogP contribution in [0.2, 0.25) is 0 Å². The molecule has 1 rings (SSSR count). The Kier molecular flexibility index (Phi) is 6.28. The van der Waals surface area contributed by atoms with Gasteiger partial charge in [0.1, 0.15) is 18.3 Å². The number of carbonyl (C=O) groups is 2. The Hall–Kier alpha value is -2.17. The molecule has 10 nitrogen and oxygen atoms in total. The average Bonchev–Trinajstić information content (AvgIpc) is 2.46. The van der Waals surface area contributed by atoms with E-state index in [4.69, 9.17) is 21.3 Å². The highest BCUT2D eigenvalue weighted by Gasteiger charge is 2.42. The fourth-order valence-electron chi connectivity index (χ4n) is 2.10. The standard InChI is InChI=1S/C12H20N4O6/c1-5(19)15-9-7(16-12(13)14)2-6(3-17)22-11(9)10(21)8(20)4-18/h2-3,7-11,18,20-21H,4H2,1H3,(H,15,19)(H4,13,14,16). The number of amides is 1. The van der Waals surface area contributed by atoms with E-state index in [-0.39, 0.29) is 11.7 Å². The first-order valence-electron chi connectivity index (χ1n) is 6.46. The highest BCUT2D eigenvalue weighted by atomic mass is 16.5. The third-order valence-electron chi connectivity index (χ3n) is 3.03. The van der Waals surface area contributed by atoms with E-state index in [1.54, 1.807) is 0 Å². The number of nitrogens with two attached hydrogens (primary N) is 2. The lowest BCUT2D eigenvalue weighted by molar-refractivity contribution is -0.128. The molecule has 0 aromatic heterocycles. The van der Waals surface area contributed by atoms with Crippen LogP contribution >= 0.6 is 0 Å². The molecule has 0 spiro atoms. The van der Waals surface area contributed by atoms with Crippen molar-refractivity contribution < 1.29 is 29.6 Å². The second-order valence-corrected chi connectivity index (χ2v) is 4.78. The number of aldehydes is 1. The molecule has 124 valence electrons. The van der Waals surface area contributed by atoms with Gasteiger partial charge in [0, 0.05) is 6.92 Å². The smallest absolute Gasteiger partial charge is 0.217 e. The summed E-state index contributed by atoms with van der Waals surface area (Å²) in [5.74, 6) is -0.909. The predicted molar refractivity (Wildman–Crippen MR) is 75.3 cm³/mol. The van der Waals surface area contributed by atoms with E-state index in [0.717, 1.165) is 0 Å². The number of nitrogens with zero attached hydrogens (tertiary/aromatic N) is 1. The van der Waals surface area contributed by atoms with Crippen LogP contribution in [0, 0.1) is 0 Å². The van der Waals surface area contributed by atoms with Crippen LogP contribution in [-0.2, 0) is 14.3 Å². The Morgan fingerprint density at radius 1 is 1.55 bits per heavy atom. The first-order chi connectivity index (χ1) is 10.3. The number of hydrogen-bond donors (Lipinski definition) is 6. The molecule has 22 heavy (non-hydrogen) atoms. The molecular weight excluding hydrogens is 296 g/mol. The van der Waals surface area contributed by atoms with Crippen molar-refractivity contribution in [1.29, 1.82) is 0 Å². The molecule has 1 heterocycles. The molecule has 0 fully saturated rings. The lowest BCUT2D eigenvalue weighted by Crippen LogP contribution is -2.59. The van der Waals surface area contributed by atoms with Gasteiger partial charge in [0.05, 0.1) is 18.7 Å². The minimum atomic E-state index is -1.58. The number of aliphatic hydroxyl groups is 3. The van der Waals surface area contributed by atoms with Gasteiger partial charge in [-0.25, -0.2) is 4.99 Å². The van der Waals surface area contributed by atoms with Crippen molar-refractivity contribution in [2.75, 3.05) is 6.61 Å². The van der Waals surface area contributed by atoms with Gasteiger partial charge in [0.2, 0.25) is 5.91 Å². The maximum absolute atomic E-state index is 11.3. The average molecular weight is 316 g/mol. The van der Waals surface area contributed by atoms with E-state index in [2.05, 4.69) is 10.3 Å². The van der Waals surface area contributed by atoms with Crippen molar-refractivity contribution in [3.05, 3.63) is 11.8 Å². The molecule has 0 aromatic rings. The molecule has 5 unspecified atom stereocenters. The van der Waals surface area contributed by atoms with Gasteiger partial charge in [-0.1, -0.05) is 0 Å². The summed E-state index contributed by atoms with van der Waals surface area (Å²) in [5.41, 5.74) is 10.6. The zero-order valence-corrected chi connectivity index (χ0v) is 11.9. The van der Waals surface area contributed by atoms with Crippen LogP contribution in [0.1, 0.15) is 6.92 Å². The number of nitrogens with one attached hydrogen (secondary N) is 1. The van der Waals surface area contributed by atoms with E-state index in [0.29, 0.717) is 6.29 Å². The molecule has 10 heteroatoms. The molecular formula is C12H20N4O6. The van der Waals surface area contributed by atoms with Crippen molar-refractivity contribution in [3.63, 3.8) is 0 Å². The van der Waals surface area contributed by atoms with E-state index in [1.807, 2.05) is 0 Å². The van der Waals surface area contributed by atoms with Gasteiger partial charge in [0.25, 0.3) is 0 Å². The Morgan fingerprint density at radius 2 is 2.18 bits per heavy atom. The van der Waals surface area contributed by atoms with Gasteiger partial charge in [-0.2, -0.15) is 0 Å². The van der Waals surface area contributed by atoms with Gasteiger partial charge in [-0.05, 0) is 6.08 Å². The Morgan fingerprint density at radius 3 is 2.64 bits per heavy atom. The number of aliphatic hydroxyl groups excluding tert-OH is 3. The maximum atomic E-state index is 11.3. The molecule has 0 aromatic carbocycles. The normalized spacial score (nSPS) is 26.9. The number of rotatable bonds is 6. The fourth-order valence-corrected chi connectivity index (χ4v) is 2.10. The van der Waals surface area contributed by atoms with Gasteiger partial charge < -0.3 is 36.8 Å². The van der Waals surface area contributed by atoms with E-state index in [9.17, 15) is 19.8 Å². The largest absolute Gasteiger partial charge is 0.482 e. The Bertz CT molecular complexity index is 476. The molecule has 1 aliphatic heterocycles. The van der Waals surface area contributed by atoms with Crippen molar-refractivity contribution >= 4 is 18.2 Å². The Labute approximate surface area is 126 Å². The second-order valence-electron chi connectivity index (χ2n) is 4.78. The Balaban J connectivity index is 3.20. The van der Waals surface area contributed by atoms with Crippen LogP contribution in [0.3, 0.4) is 0 Å². The number of hydrogen-bond acceptors (Lipinski definition) is 7. The molecule has 1 amide bonds. The van der Waals surface area contributed by atoms with Crippen LogP contribution < -0.4 is 16.8 Å². The number of guanidine groups is 1. The molecule has 1 aliphatic rings. The van der Waals surface area contributed by atoms with Crippen molar-refractivity contribution in [1.82, 2.24) is 5.32 Å². The summed E-state index contributed by atoms with van der Waals surface area (Å²) in [4.78, 5) is 26.2. The van der Waals surface area contributed by atoms with Gasteiger partial charge in [-0.3, -0.25) is 9.59 Å². The summed E-state index contributed by atoms with van der Waals surface area (Å²) in [5, 5.41) is 31.1. The third kappa shape index (κ3) is 4.41. The lowest BCUT2D eigenvalue weighted by Gasteiger charge is -2.38. The van der Waals surface area contributed by atoms with Gasteiger partial charge in [-0.15, -0.1) is 0 Å². The van der Waals surface area contributed by atoms with Crippen molar-refractivity contribution in [3.8, 4) is 0 Å². The van der Waals surface area contributed by atoms with E-state index >= 15 is 0 Å². The van der Waals surface area contributed by atoms with Crippen LogP contribution in [-0.4, -0.2) is 70.5 Å². The predicted octanol–water partition coefficient (Wildman–Crippen LogP) is -3.67. The molecule has 0 bridgehead atoms. The summed E-state index contributed by atoms with van der Waals surface area (Å²) >= 11 is 0. The maximum Gasteiger partial charge on any atom is 0.217 e. The monoisotopic (exact) mass is 316 g/mol. The summed E-state index contributed by atoms with van der Waals surface area (Å²) in [7, 11) is 0. The number of ether oxygens (including phenoxy) is 1. The number of allylic oxidation sites excluding steroid dienone is 1. The fraction of sp³-hybridized carbons (Fsp3) is 0.583. The van der Waals surface area contributed by atoms with Crippen LogP contribution in [0.4, 0.5) is 0 Å². The zero-order valence-electron chi connectivity index (χ0n) is 11.9. The lowest BCUT2D eigenvalue weighted by atomic mass is 9.92.